The Kier molecular flexibility index (Phi) is 7.70. The number of para-hydroxylation sites is 1. The van der Waals surface area contributed by atoms with E-state index in [2.05, 4.69) is 37.8 Å². The van der Waals surface area contributed by atoms with Crippen LogP contribution in [0.4, 0.5) is 11.6 Å². The molecule has 1 fully saturated rings. The first kappa shape index (κ1) is 24.2. The van der Waals surface area contributed by atoms with Crippen LogP contribution in [0.25, 0.3) is 10.9 Å². The second-order valence-corrected chi connectivity index (χ2v) is 8.07. The molecule has 0 aliphatic carbocycles. The van der Waals surface area contributed by atoms with Gasteiger partial charge in [-0.3, -0.25) is 14.6 Å². The minimum Gasteiger partial charge on any atom is -0.369 e. The van der Waals surface area contributed by atoms with Crippen molar-refractivity contribution in [2.75, 3.05) is 36.9 Å². The van der Waals surface area contributed by atoms with Crippen molar-refractivity contribution in [2.45, 2.75) is 25.8 Å². The molecule has 9 nitrogen and oxygen atoms in total. The number of amides is 2. The average Bonchev–Trinajstić information content (AvgIpc) is 2.80. The zero-order chi connectivity index (χ0) is 22.7. The van der Waals surface area contributed by atoms with Gasteiger partial charge in [-0.05, 0) is 18.6 Å². The molecule has 0 radical (unpaired) electrons. The number of nitrogens with one attached hydrogen (secondary N) is 3. The van der Waals surface area contributed by atoms with Crippen molar-refractivity contribution in [1.82, 2.24) is 25.6 Å². The molecule has 1 unspecified atom stereocenters. The second kappa shape index (κ2) is 10.5. The predicted octanol–water partition coefficient (Wildman–Crippen LogP) is 2.04. The number of benzene rings is 1. The number of fused-ring (bicyclic) bond motifs is 1. The number of carbonyl (C=O) groups excluding carboxylic acids is 2. The van der Waals surface area contributed by atoms with E-state index in [9.17, 15) is 9.59 Å². The third kappa shape index (κ3) is 5.33. The molecule has 0 spiro atoms. The fraction of sp³-hybridized carbons (Fsp3) is 0.348. The molecule has 0 bridgehead atoms. The number of hydrogen-bond acceptors (Lipinski definition) is 7. The van der Waals surface area contributed by atoms with Crippen LogP contribution in [-0.2, 0) is 4.79 Å². The zero-order valence-corrected chi connectivity index (χ0v) is 19.9. The van der Waals surface area contributed by atoms with Crippen LogP contribution in [0.5, 0.6) is 0 Å². The Balaban J connectivity index is 0.00000306. The minimum atomic E-state index is -0.130. The van der Waals surface area contributed by atoms with E-state index in [1.165, 1.54) is 6.33 Å². The first-order valence-corrected chi connectivity index (χ1v) is 10.7. The first-order valence-electron chi connectivity index (χ1n) is 10.7. The van der Waals surface area contributed by atoms with Crippen molar-refractivity contribution in [3.05, 3.63) is 54.0 Å². The van der Waals surface area contributed by atoms with Crippen LogP contribution in [0, 0.1) is 0 Å². The van der Waals surface area contributed by atoms with Gasteiger partial charge in [0.25, 0.3) is 5.91 Å². The van der Waals surface area contributed by atoms with E-state index >= 15 is 0 Å². The van der Waals surface area contributed by atoms with Gasteiger partial charge in [0.05, 0.1) is 17.6 Å². The fourth-order valence-electron chi connectivity index (χ4n) is 4.02. The van der Waals surface area contributed by atoms with E-state index in [-0.39, 0.29) is 43.8 Å². The number of carbonyl (C=O) groups is 2. The highest BCUT2D eigenvalue weighted by Gasteiger charge is 2.23. The summed E-state index contributed by atoms with van der Waals surface area (Å²) in [5, 5.41) is 9.80. The average molecular weight is 468 g/mol. The standard InChI is InChI=1S/C23H27N7O2.H2S/c1-14(16-5-4-6-17-18(23(32)24-3)7-8-25-22(16)17)10-26-19-9-20(28-13-27-19)30-11-15(2)29-21(31)12-30;/h4-9,13-15H,10-12H2,1-3H3,(H,24,32)(H,29,31)(H,26,27,28);1H2/t14-,15?;/m1./s1. The lowest BCUT2D eigenvalue weighted by atomic mass is 9.96. The SMILES string of the molecule is CNC(=O)c1ccnc2c([C@H](C)CNc3cc(N4CC(=O)NC(C)C4)ncn3)cccc12.S. The molecule has 1 aromatic carbocycles. The zero-order valence-electron chi connectivity index (χ0n) is 18.9. The van der Waals surface area contributed by atoms with Gasteiger partial charge in [0.1, 0.15) is 18.0 Å². The van der Waals surface area contributed by atoms with Crippen LogP contribution in [0.15, 0.2) is 42.9 Å². The summed E-state index contributed by atoms with van der Waals surface area (Å²) in [5.74, 6) is 1.39. The van der Waals surface area contributed by atoms with Crippen molar-refractivity contribution < 1.29 is 9.59 Å². The smallest absolute Gasteiger partial charge is 0.251 e. The van der Waals surface area contributed by atoms with Gasteiger partial charge in [-0.25, -0.2) is 9.97 Å². The van der Waals surface area contributed by atoms with Crippen LogP contribution in [-0.4, -0.2) is 59.5 Å². The first-order chi connectivity index (χ1) is 15.5. The Morgan fingerprint density at radius 3 is 2.85 bits per heavy atom. The molecule has 3 aromatic rings. The number of hydrogen-bond donors (Lipinski definition) is 3. The molecular formula is C23H29N7O2S. The van der Waals surface area contributed by atoms with Crippen LogP contribution in [0.2, 0.25) is 0 Å². The van der Waals surface area contributed by atoms with Crippen LogP contribution in [0.1, 0.15) is 35.7 Å². The number of nitrogens with zero attached hydrogens (tertiary/aromatic N) is 4. The van der Waals surface area contributed by atoms with Gasteiger partial charge in [-0.15, -0.1) is 0 Å². The highest BCUT2D eigenvalue weighted by Crippen LogP contribution is 2.27. The predicted molar refractivity (Wildman–Crippen MR) is 134 cm³/mol. The van der Waals surface area contributed by atoms with Crippen molar-refractivity contribution in [1.29, 1.82) is 0 Å². The molecule has 2 aromatic heterocycles. The van der Waals surface area contributed by atoms with E-state index in [1.807, 2.05) is 36.1 Å². The lowest BCUT2D eigenvalue weighted by Crippen LogP contribution is -2.53. The maximum Gasteiger partial charge on any atom is 0.251 e. The molecule has 33 heavy (non-hydrogen) atoms. The molecule has 2 amide bonds. The minimum absolute atomic E-state index is 0. The Morgan fingerprint density at radius 1 is 1.27 bits per heavy atom. The van der Waals surface area contributed by atoms with Gasteiger partial charge >= 0.3 is 0 Å². The maximum atomic E-state index is 12.2. The molecule has 174 valence electrons. The molecular weight excluding hydrogens is 438 g/mol. The molecule has 2 atom stereocenters. The van der Waals surface area contributed by atoms with Crippen molar-refractivity contribution in [2.24, 2.45) is 0 Å². The van der Waals surface area contributed by atoms with Gasteiger partial charge in [0.2, 0.25) is 5.91 Å². The highest BCUT2D eigenvalue weighted by atomic mass is 32.1. The second-order valence-electron chi connectivity index (χ2n) is 8.07. The number of rotatable bonds is 6. The summed E-state index contributed by atoms with van der Waals surface area (Å²) in [6, 6.07) is 9.58. The molecule has 10 heteroatoms. The van der Waals surface area contributed by atoms with Crippen LogP contribution >= 0.6 is 13.5 Å². The third-order valence-corrected chi connectivity index (χ3v) is 5.61. The molecule has 1 saturated heterocycles. The Hall–Kier alpha value is -3.40. The van der Waals surface area contributed by atoms with Gasteiger partial charge in [-0.1, -0.05) is 25.1 Å². The van der Waals surface area contributed by atoms with E-state index in [0.717, 1.165) is 22.3 Å². The van der Waals surface area contributed by atoms with E-state index in [0.29, 0.717) is 24.5 Å². The van der Waals surface area contributed by atoms with Crippen molar-refractivity contribution in [3.63, 3.8) is 0 Å². The van der Waals surface area contributed by atoms with Crippen molar-refractivity contribution in [3.8, 4) is 0 Å². The Bertz CT molecular complexity index is 1160. The van der Waals surface area contributed by atoms with Gasteiger partial charge in [-0.2, -0.15) is 13.5 Å². The monoisotopic (exact) mass is 467 g/mol. The summed E-state index contributed by atoms with van der Waals surface area (Å²) in [6.45, 7) is 5.69. The van der Waals surface area contributed by atoms with Crippen LogP contribution in [0.3, 0.4) is 0 Å². The van der Waals surface area contributed by atoms with E-state index in [1.54, 1.807) is 19.3 Å². The Labute approximate surface area is 199 Å². The van der Waals surface area contributed by atoms with E-state index < -0.39 is 0 Å². The summed E-state index contributed by atoms with van der Waals surface area (Å²) in [5.41, 5.74) is 2.48. The number of aromatic nitrogens is 3. The largest absolute Gasteiger partial charge is 0.369 e. The number of pyridine rings is 1. The number of anilines is 2. The number of piperazine rings is 1. The molecule has 1 aliphatic rings. The molecule has 4 rings (SSSR count). The molecule has 1 aliphatic heterocycles. The topological polar surface area (TPSA) is 112 Å². The van der Waals surface area contributed by atoms with Gasteiger partial charge < -0.3 is 20.9 Å². The Morgan fingerprint density at radius 2 is 2.09 bits per heavy atom. The normalized spacial score (nSPS) is 16.5. The summed E-state index contributed by atoms with van der Waals surface area (Å²) in [4.78, 5) is 39.3. The summed E-state index contributed by atoms with van der Waals surface area (Å²) in [7, 11) is 1.62. The molecule has 0 saturated carbocycles. The van der Waals surface area contributed by atoms with Gasteiger partial charge in [0, 0.05) is 49.7 Å². The van der Waals surface area contributed by atoms with Gasteiger partial charge in [0.15, 0.2) is 0 Å². The summed E-state index contributed by atoms with van der Waals surface area (Å²) >= 11 is 0. The third-order valence-electron chi connectivity index (χ3n) is 5.61. The van der Waals surface area contributed by atoms with E-state index in [4.69, 9.17) is 0 Å². The lowest BCUT2D eigenvalue weighted by molar-refractivity contribution is -0.121. The lowest BCUT2D eigenvalue weighted by Gasteiger charge is -2.32. The van der Waals surface area contributed by atoms with Crippen LogP contribution < -0.4 is 20.9 Å². The highest BCUT2D eigenvalue weighted by molar-refractivity contribution is 7.59. The summed E-state index contributed by atoms with van der Waals surface area (Å²) in [6.07, 6.45) is 3.18. The maximum absolute atomic E-state index is 12.2. The molecule has 3 N–H and O–H groups in total. The fourth-order valence-corrected chi connectivity index (χ4v) is 4.02. The summed E-state index contributed by atoms with van der Waals surface area (Å²) < 4.78 is 0. The quantitative estimate of drug-likeness (QED) is 0.509. The molecule has 3 heterocycles. The van der Waals surface area contributed by atoms with Crippen molar-refractivity contribution >= 4 is 47.8 Å².